The minimum Gasteiger partial charge on any atom is -0.382 e. The maximum Gasteiger partial charge on any atom is 0.106 e. The number of ether oxygens (including phenoxy) is 6. The Hall–Kier alpha value is -0.280. The predicted molar refractivity (Wildman–Crippen MR) is 71.5 cm³/mol. The van der Waals surface area contributed by atoms with Crippen molar-refractivity contribution in [2.24, 2.45) is 0 Å². The summed E-state index contributed by atoms with van der Waals surface area (Å²) >= 11 is 0. The second-order valence-corrected chi connectivity index (χ2v) is 3.76. The Morgan fingerprint density at radius 1 is 0.500 bits per heavy atom. The van der Waals surface area contributed by atoms with Crippen LogP contribution in [0.5, 0.6) is 0 Å². The van der Waals surface area contributed by atoms with E-state index in [4.69, 9.17) is 28.4 Å². The highest BCUT2D eigenvalue weighted by molar-refractivity contribution is 4.36. The zero-order chi connectivity index (χ0) is 14.7. The van der Waals surface area contributed by atoms with E-state index in [0.717, 1.165) is 0 Å². The van der Waals surface area contributed by atoms with E-state index in [1.54, 1.807) is 7.11 Å². The molecular formula is C13H27O7. The Kier molecular flexibility index (Phi) is 18.5. The second kappa shape index (κ2) is 18.7. The van der Waals surface area contributed by atoms with Crippen LogP contribution in [0.15, 0.2) is 0 Å². The molecule has 0 aromatic heterocycles. The van der Waals surface area contributed by atoms with Crippen LogP contribution in [-0.4, -0.2) is 86.4 Å². The van der Waals surface area contributed by atoms with Gasteiger partial charge in [0.05, 0.1) is 72.7 Å². The van der Waals surface area contributed by atoms with Crippen LogP contribution in [0.25, 0.3) is 0 Å². The molecule has 7 heteroatoms. The molecule has 1 radical (unpaired) electrons. The van der Waals surface area contributed by atoms with Crippen LogP contribution >= 0.6 is 0 Å². The first-order valence-electron chi connectivity index (χ1n) is 6.87. The third-order valence-electron chi connectivity index (χ3n) is 2.15. The highest BCUT2D eigenvalue weighted by atomic mass is 16.6. The van der Waals surface area contributed by atoms with Gasteiger partial charge in [-0.3, -0.25) is 0 Å². The summed E-state index contributed by atoms with van der Waals surface area (Å²) in [4.78, 5) is 0. The predicted octanol–water partition coefficient (Wildman–Crippen LogP) is 0.146. The van der Waals surface area contributed by atoms with Crippen LogP contribution in [0.2, 0.25) is 0 Å². The molecule has 20 heavy (non-hydrogen) atoms. The van der Waals surface area contributed by atoms with Gasteiger partial charge >= 0.3 is 0 Å². The Bertz CT molecular complexity index is 151. The summed E-state index contributed by atoms with van der Waals surface area (Å²) in [7, 11) is 1.64. The molecule has 7 nitrogen and oxygen atoms in total. The zero-order valence-corrected chi connectivity index (χ0v) is 12.3. The number of rotatable bonds is 17. The van der Waals surface area contributed by atoms with Crippen LogP contribution < -0.4 is 0 Å². The molecule has 0 N–H and O–H groups in total. The van der Waals surface area contributed by atoms with Gasteiger partial charge in [0.15, 0.2) is 0 Å². The summed E-state index contributed by atoms with van der Waals surface area (Å²) in [6.45, 7) is 5.40. The minimum absolute atomic E-state index is 0.208. The third-order valence-corrected chi connectivity index (χ3v) is 2.15. The van der Waals surface area contributed by atoms with Crippen molar-refractivity contribution in [3.63, 3.8) is 0 Å². The van der Waals surface area contributed by atoms with Crippen LogP contribution in [0.3, 0.4) is 0 Å². The van der Waals surface area contributed by atoms with Gasteiger partial charge in [0, 0.05) is 7.11 Å². The highest BCUT2D eigenvalue weighted by Crippen LogP contribution is 1.83. The molecule has 0 saturated carbocycles. The van der Waals surface area contributed by atoms with Crippen LogP contribution in [0, 0.1) is 0 Å². The van der Waals surface area contributed by atoms with Crippen molar-refractivity contribution in [3.8, 4) is 0 Å². The summed E-state index contributed by atoms with van der Waals surface area (Å²) in [6.07, 6.45) is 0. The minimum atomic E-state index is -0.208. The molecule has 0 aliphatic heterocycles. The Balaban J connectivity index is 2.89. The molecule has 0 amide bonds. The van der Waals surface area contributed by atoms with Crippen LogP contribution in [0.4, 0.5) is 0 Å². The van der Waals surface area contributed by atoms with Gasteiger partial charge in [-0.15, -0.1) is 0 Å². The van der Waals surface area contributed by atoms with E-state index in [9.17, 15) is 5.11 Å². The fraction of sp³-hybridized carbons (Fsp3) is 1.00. The molecule has 0 saturated heterocycles. The molecule has 0 spiro atoms. The molecule has 0 aliphatic carbocycles. The SMILES string of the molecule is COCCOCCOCCOCCOCCOCC[O]. The van der Waals surface area contributed by atoms with E-state index < -0.39 is 0 Å². The van der Waals surface area contributed by atoms with Gasteiger partial charge < -0.3 is 28.4 Å². The molecule has 0 aromatic carbocycles. The summed E-state index contributed by atoms with van der Waals surface area (Å²) < 4.78 is 30.9. The lowest BCUT2D eigenvalue weighted by atomic mass is 10.7. The van der Waals surface area contributed by atoms with E-state index >= 15 is 0 Å². The average molecular weight is 295 g/mol. The molecule has 0 aromatic rings. The van der Waals surface area contributed by atoms with Crippen molar-refractivity contribution in [1.82, 2.24) is 0 Å². The van der Waals surface area contributed by atoms with Gasteiger partial charge in [-0.2, -0.15) is 0 Å². The summed E-state index contributed by atoms with van der Waals surface area (Å²) in [5.74, 6) is 0. The van der Waals surface area contributed by atoms with E-state index in [2.05, 4.69) is 0 Å². The van der Waals surface area contributed by atoms with Gasteiger partial charge in [0.25, 0.3) is 0 Å². The van der Waals surface area contributed by atoms with Crippen molar-refractivity contribution >= 4 is 0 Å². The van der Waals surface area contributed by atoms with E-state index in [-0.39, 0.29) is 13.2 Å². The Morgan fingerprint density at radius 3 is 1.10 bits per heavy atom. The Morgan fingerprint density at radius 2 is 0.800 bits per heavy atom. The summed E-state index contributed by atoms with van der Waals surface area (Å²) in [6, 6.07) is 0. The van der Waals surface area contributed by atoms with Crippen molar-refractivity contribution in [2.75, 3.05) is 86.4 Å². The molecular weight excluding hydrogens is 268 g/mol. The first kappa shape index (κ1) is 19.7. The van der Waals surface area contributed by atoms with Crippen molar-refractivity contribution in [1.29, 1.82) is 0 Å². The van der Waals surface area contributed by atoms with Gasteiger partial charge in [0.2, 0.25) is 0 Å². The number of hydrogen-bond donors (Lipinski definition) is 0. The second-order valence-electron chi connectivity index (χ2n) is 3.76. The molecule has 121 valence electrons. The molecule has 0 rings (SSSR count). The molecule has 0 unspecified atom stereocenters. The number of hydrogen-bond acceptors (Lipinski definition) is 6. The largest absolute Gasteiger partial charge is 0.382 e. The maximum atomic E-state index is 10.1. The third kappa shape index (κ3) is 17.7. The van der Waals surface area contributed by atoms with E-state index in [1.165, 1.54) is 0 Å². The zero-order valence-electron chi connectivity index (χ0n) is 12.3. The van der Waals surface area contributed by atoms with Crippen LogP contribution in [-0.2, 0) is 33.5 Å². The van der Waals surface area contributed by atoms with Crippen LogP contribution in [0.1, 0.15) is 0 Å². The lowest BCUT2D eigenvalue weighted by Gasteiger charge is -2.07. The molecule has 0 fully saturated rings. The summed E-state index contributed by atoms with van der Waals surface area (Å²) in [5.41, 5.74) is 0. The lowest BCUT2D eigenvalue weighted by molar-refractivity contribution is -0.0181. The molecule has 0 aliphatic rings. The summed E-state index contributed by atoms with van der Waals surface area (Å²) in [5, 5.41) is 10.1. The van der Waals surface area contributed by atoms with Gasteiger partial charge in [-0.1, -0.05) is 0 Å². The fourth-order valence-corrected chi connectivity index (χ4v) is 1.18. The normalized spacial score (nSPS) is 11.1. The van der Waals surface area contributed by atoms with Gasteiger partial charge in [-0.05, 0) is 0 Å². The first-order valence-corrected chi connectivity index (χ1v) is 6.87. The molecule has 0 bridgehead atoms. The van der Waals surface area contributed by atoms with Crippen molar-refractivity contribution in [2.45, 2.75) is 0 Å². The highest BCUT2D eigenvalue weighted by Gasteiger charge is 1.93. The fourth-order valence-electron chi connectivity index (χ4n) is 1.18. The topological polar surface area (TPSA) is 75.3 Å². The average Bonchev–Trinajstić information content (AvgIpc) is 2.47. The molecule has 0 atom stereocenters. The lowest BCUT2D eigenvalue weighted by Crippen LogP contribution is -2.14. The Labute approximate surface area is 121 Å². The molecule has 0 heterocycles. The monoisotopic (exact) mass is 295 g/mol. The van der Waals surface area contributed by atoms with Crippen molar-refractivity contribution < 1.29 is 33.5 Å². The first-order chi connectivity index (χ1) is 9.91. The van der Waals surface area contributed by atoms with Gasteiger partial charge in [0.1, 0.15) is 6.61 Å². The number of methoxy groups -OCH3 is 1. The van der Waals surface area contributed by atoms with Crippen molar-refractivity contribution in [3.05, 3.63) is 0 Å². The standard InChI is InChI=1S/C13H27O7/c1-15-4-5-17-8-9-19-12-13-20-11-10-18-7-6-16-3-2-14/h2-13H2,1H3. The van der Waals surface area contributed by atoms with E-state index in [1.807, 2.05) is 0 Å². The quantitative estimate of drug-likeness (QED) is 0.356. The van der Waals surface area contributed by atoms with E-state index in [0.29, 0.717) is 66.1 Å². The maximum absolute atomic E-state index is 10.1. The smallest absolute Gasteiger partial charge is 0.106 e. The van der Waals surface area contributed by atoms with Gasteiger partial charge in [-0.25, -0.2) is 5.11 Å².